The van der Waals surface area contributed by atoms with Crippen LogP contribution in [0.3, 0.4) is 0 Å². The van der Waals surface area contributed by atoms with E-state index >= 15 is 0 Å². The molecule has 0 aliphatic heterocycles. The second-order valence-corrected chi connectivity index (χ2v) is 11.9. The third-order valence-electron chi connectivity index (χ3n) is 7.25. The minimum Gasteiger partial charge on any atom is -0.497 e. The van der Waals surface area contributed by atoms with Gasteiger partial charge in [0, 0.05) is 18.7 Å². The molecule has 0 saturated carbocycles. The summed E-state index contributed by atoms with van der Waals surface area (Å²) in [6.45, 7) is 7.21. The number of rotatable bonds is 14. The minimum absolute atomic E-state index is 0.00896. The average Bonchev–Trinajstić information content (AvgIpc) is 3.00. The van der Waals surface area contributed by atoms with E-state index in [9.17, 15) is 18.0 Å². The van der Waals surface area contributed by atoms with Crippen molar-refractivity contribution in [1.29, 1.82) is 0 Å². The second kappa shape index (κ2) is 14.7. The molecule has 9 nitrogen and oxygen atoms in total. The van der Waals surface area contributed by atoms with Gasteiger partial charge in [-0.3, -0.25) is 13.9 Å². The summed E-state index contributed by atoms with van der Waals surface area (Å²) in [4.78, 5) is 29.2. The highest BCUT2D eigenvalue weighted by Crippen LogP contribution is 2.36. The number of sulfonamides is 1. The van der Waals surface area contributed by atoms with E-state index in [1.165, 1.54) is 37.3 Å². The largest absolute Gasteiger partial charge is 0.497 e. The zero-order valence-electron chi connectivity index (χ0n) is 25.2. The summed E-state index contributed by atoms with van der Waals surface area (Å²) in [6.07, 6.45) is 1.07. The predicted octanol–water partition coefficient (Wildman–Crippen LogP) is 4.93. The number of methoxy groups -OCH3 is 2. The van der Waals surface area contributed by atoms with Crippen LogP contribution in [0.15, 0.2) is 77.7 Å². The number of carbonyl (C=O) groups is 2. The van der Waals surface area contributed by atoms with Crippen LogP contribution in [0.5, 0.6) is 11.5 Å². The molecule has 42 heavy (non-hydrogen) atoms. The minimum atomic E-state index is -4.25. The van der Waals surface area contributed by atoms with Gasteiger partial charge in [0.2, 0.25) is 11.8 Å². The van der Waals surface area contributed by atoms with Crippen molar-refractivity contribution in [3.8, 4) is 11.5 Å². The number of carbonyl (C=O) groups excluding carboxylic acids is 2. The Morgan fingerprint density at radius 3 is 2.17 bits per heavy atom. The molecule has 0 aromatic heterocycles. The molecule has 0 radical (unpaired) electrons. The fourth-order valence-corrected chi connectivity index (χ4v) is 5.99. The van der Waals surface area contributed by atoms with Crippen LogP contribution in [0.1, 0.15) is 44.7 Å². The van der Waals surface area contributed by atoms with Gasteiger partial charge in [0.05, 0.1) is 24.8 Å². The van der Waals surface area contributed by atoms with Crippen LogP contribution in [0, 0.1) is 6.92 Å². The van der Waals surface area contributed by atoms with Crippen LogP contribution in [0.2, 0.25) is 0 Å². The van der Waals surface area contributed by atoms with E-state index in [2.05, 4.69) is 5.32 Å². The maximum absolute atomic E-state index is 14.3. The van der Waals surface area contributed by atoms with Gasteiger partial charge in [-0.25, -0.2) is 8.42 Å². The third-order valence-corrected chi connectivity index (χ3v) is 9.03. The summed E-state index contributed by atoms with van der Waals surface area (Å²) >= 11 is 0. The van der Waals surface area contributed by atoms with E-state index in [0.29, 0.717) is 12.2 Å². The van der Waals surface area contributed by atoms with Gasteiger partial charge in [-0.15, -0.1) is 0 Å². The molecular formula is C32H41N3O6S. The first-order valence-electron chi connectivity index (χ1n) is 14.0. The molecule has 3 aromatic rings. The maximum Gasteiger partial charge on any atom is 0.264 e. The van der Waals surface area contributed by atoms with Crippen molar-refractivity contribution in [3.05, 3.63) is 83.9 Å². The molecule has 0 aliphatic carbocycles. The van der Waals surface area contributed by atoms with Gasteiger partial charge in [-0.2, -0.15) is 0 Å². The Labute approximate surface area is 249 Å². The molecule has 226 valence electrons. The van der Waals surface area contributed by atoms with Crippen LogP contribution < -0.4 is 19.1 Å². The van der Waals surface area contributed by atoms with Crippen LogP contribution in [0.25, 0.3) is 0 Å². The lowest BCUT2D eigenvalue weighted by atomic mass is 10.1. The summed E-state index contributed by atoms with van der Waals surface area (Å²) in [5.41, 5.74) is 1.95. The number of benzene rings is 3. The highest BCUT2D eigenvalue weighted by Gasteiger charge is 2.35. The van der Waals surface area contributed by atoms with Crippen molar-refractivity contribution in [2.45, 2.75) is 64.1 Å². The van der Waals surface area contributed by atoms with Crippen molar-refractivity contribution in [2.24, 2.45) is 0 Å². The van der Waals surface area contributed by atoms with Crippen molar-refractivity contribution in [1.82, 2.24) is 10.2 Å². The zero-order chi connectivity index (χ0) is 30.9. The number of aryl methyl sites for hydroxylation is 1. The van der Waals surface area contributed by atoms with Gasteiger partial charge in [0.15, 0.2) is 0 Å². The van der Waals surface area contributed by atoms with Crippen molar-refractivity contribution in [2.75, 3.05) is 25.1 Å². The summed E-state index contributed by atoms with van der Waals surface area (Å²) in [5.74, 6) is -0.184. The summed E-state index contributed by atoms with van der Waals surface area (Å²) in [6, 6.07) is 19.4. The molecule has 0 saturated heterocycles. The fraction of sp³-hybridized carbons (Fsp3) is 0.375. The Morgan fingerprint density at radius 2 is 1.57 bits per heavy atom. The topological polar surface area (TPSA) is 105 Å². The van der Waals surface area contributed by atoms with Gasteiger partial charge in [-0.1, -0.05) is 56.3 Å². The Kier molecular flexibility index (Phi) is 11.4. The lowest BCUT2D eigenvalue weighted by Crippen LogP contribution is -2.53. The molecule has 0 fully saturated rings. The second-order valence-electron chi connectivity index (χ2n) is 10.1. The average molecular weight is 596 g/mol. The van der Waals surface area contributed by atoms with Crippen LogP contribution in [-0.4, -0.2) is 58.0 Å². The van der Waals surface area contributed by atoms with Gasteiger partial charge < -0.3 is 19.7 Å². The monoisotopic (exact) mass is 595 g/mol. The van der Waals surface area contributed by atoms with E-state index in [0.717, 1.165) is 21.9 Å². The number of hydrogen-bond donors (Lipinski definition) is 1. The van der Waals surface area contributed by atoms with Gasteiger partial charge in [0.25, 0.3) is 10.0 Å². The first-order chi connectivity index (χ1) is 20.1. The molecule has 0 unspecified atom stereocenters. The first-order valence-corrected chi connectivity index (χ1v) is 15.4. The molecule has 2 atom stereocenters. The number of hydrogen-bond acceptors (Lipinski definition) is 6. The molecule has 0 aliphatic rings. The molecule has 0 heterocycles. The molecule has 2 amide bonds. The first kappa shape index (κ1) is 32.5. The van der Waals surface area contributed by atoms with Crippen LogP contribution >= 0.6 is 0 Å². The Balaban J connectivity index is 2.15. The summed E-state index contributed by atoms with van der Waals surface area (Å²) in [5, 5.41) is 2.99. The van der Waals surface area contributed by atoms with E-state index in [-0.39, 0.29) is 34.8 Å². The highest BCUT2D eigenvalue weighted by atomic mass is 32.2. The normalized spacial score (nSPS) is 12.6. The van der Waals surface area contributed by atoms with Gasteiger partial charge >= 0.3 is 0 Å². The quantitative estimate of drug-likeness (QED) is 0.283. The van der Waals surface area contributed by atoms with Gasteiger partial charge in [0.1, 0.15) is 24.1 Å². The highest BCUT2D eigenvalue weighted by molar-refractivity contribution is 7.92. The lowest BCUT2D eigenvalue weighted by Gasteiger charge is -2.34. The predicted molar refractivity (Wildman–Crippen MR) is 164 cm³/mol. The molecule has 0 bridgehead atoms. The molecule has 3 aromatic carbocycles. The smallest absolute Gasteiger partial charge is 0.264 e. The van der Waals surface area contributed by atoms with Crippen molar-refractivity contribution >= 4 is 27.5 Å². The Hall–Kier alpha value is -4.05. The standard InChI is InChI=1S/C32H41N3O6S/c1-7-24(4)33-32(37)28(8-2)34(21-25-15-13-12-14-23(25)3)31(36)22-35(42(38,39)27-16-10-9-11-17-27)29-20-26(40-5)18-19-30(29)41-6/h9-20,24,28H,7-8,21-22H2,1-6H3,(H,33,37)/t24-,28-/m1/s1. The summed E-state index contributed by atoms with van der Waals surface area (Å²) in [7, 11) is -1.35. The molecule has 10 heteroatoms. The lowest BCUT2D eigenvalue weighted by molar-refractivity contribution is -0.140. The fourth-order valence-electron chi connectivity index (χ4n) is 4.56. The zero-order valence-corrected chi connectivity index (χ0v) is 26.0. The Bertz CT molecular complexity index is 1460. The van der Waals surface area contributed by atoms with Crippen molar-refractivity contribution < 1.29 is 27.5 Å². The van der Waals surface area contributed by atoms with Gasteiger partial charge in [-0.05, 0) is 62.1 Å². The van der Waals surface area contributed by atoms with E-state index in [1.807, 2.05) is 52.0 Å². The number of ether oxygens (including phenoxy) is 2. The third kappa shape index (κ3) is 7.61. The number of amides is 2. The number of nitrogens with zero attached hydrogens (tertiary/aromatic N) is 2. The van der Waals surface area contributed by atoms with Crippen LogP contribution in [-0.2, 0) is 26.2 Å². The number of anilines is 1. The van der Waals surface area contributed by atoms with E-state index in [1.54, 1.807) is 30.3 Å². The SMILES string of the molecule is CC[C@@H](C)NC(=O)[C@@H](CC)N(Cc1ccccc1C)C(=O)CN(c1cc(OC)ccc1OC)S(=O)(=O)c1ccccc1. The van der Waals surface area contributed by atoms with Crippen molar-refractivity contribution in [3.63, 3.8) is 0 Å². The molecule has 0 spiro atoms. The molecule has 1 N–H and O–H groups in total. The summed E-state index contributed by atoms with van der Waals surface area (Å²) < 4.78 is 40.1. The molecular weight excluding hydrogens is 554 g/mol. The Morgan fingerprint density at radius 1 is 0.905 bits per heavy atom. The maximum atomic E-state index is 14.3. The number of nitrogens with one attached hydrogen (secondary N) is 1. The van der Waals surface area contributed by atoms with E-state index in [4.69, 9.17) is 9.47 Å². The van der Waals surface area contributed by atoms with E-state index < -0.39 is 28.5 Å². The van der Waals surface area contributed by atoms with Crippen LogP contribution in [0.4, 0.5) is 5.69 Å². The molecule has 3 rings (SSSR count).